The van der Waals surface area contributed by atoms with Crippen molar-refractivity contribution in [2.24, 2.45) is 5.92 Å². The summed E-state index contributed by atoms with van der Waals surface area (Å²) < 4.78 is 1.45. The molecule has 2 aliphatic heterocycles. The van der Waals surface area contributed by atoms with Gasteiger partial charge in [-0.1, -0.05) is 0 Å². The Labute approximate surface area is 165 Å². The van der Waals surface area contributed by atoms with Crippen LogP contribution in [0.3, 0.4) is 0 Å². The van der Waals surface area contributed by atoms with Crippen LogP contribution in [0.4, 0.5) is 5.82 Å². The zero-order valence-electron chi connectivity index (χ0n) is 17.2. The second-order valence-corrected chi connectivity index (χ2v) is 9.38. The summed E-state index contributed by atoms with van der Waals surface area (Å²) in [7, 11) is 0. The molecule has 4 heterocycles. The van der Waals surface area contributed by atoms with Gasteiger partial charge in [0.15, 0.2) is 11.5 Å². The molecule has 2 saturated heterocycles. The molecule has 0 aromatic carbocycles. The number of tetrazole rings is 1. The molecule has 28 heavy (non-hydrogen) atoms. The number of aromatic nitrogens is 5. The van der Waals surface area contributed by atoms with E-state index < -0.39 is 0 Å². The van der Waals surface area contributed by atoms with E-state index in [0.29, 0.717) is 11.6 Å². The van der Waals surface area contributed by atoms with E-state index in [2.05, 4.69) is 63.4 Å². The quantitative estimate of drug-likeness (QED) is 0.827. The summed E-state index contributed by atoms with van der Waals surface area (Å²) in [6.45, 7) is 12.0. The molecule has 2 aliphatic rings. The van der Waals surface area contributed by atoms with Gasteiger partial charge in [0, 0.05) is 43.2 Å². The summed E-state index contributed by atoms with van der Waals surface area (Å²) in [5.41, 5.74) is 0.596. The molecule has 0 bridgehead atoms. The normalized spacial score (nSPS) is 23.0. The Bertz CT molecular complexity index is 852. The minimum absolute atomic E-state index is 0.0441. The van der Waals surface area contributed by atoms with Gasteiger partial charge in [0.05, 0.1) is 0 Å². The molecule has 9 heteroatoms. The van der Waals surface area contributed by atoms with Crippen molar-refractivity contribution in [3.05, 3.63) is 12.1 Å². The predicted molar refractivity (Wildman–Crippen MR) is 106 cm³/mol. The summed E-state index contributed by atoms with van der Waals surface area (Å²) in [5.74, 6) is 1.24. The first kappa shape index (κ1) is 19.0. The number of fused-ring (bicyclic) bond motifs is 1. The predicted octanol–water partition coefficient (Wildman–Crippen LogP) is 1.11. The summed E-state index contributed by atoms with van der Waals surface area (Å²) in [6.07, 6.45) is 2.67. The van der Waals surface area contributed by atoms with Gasteiger partial charge in [0.25, 0.3) is 0 Å². The highest BCUT2D eigenvalue weighted by atomic mass is 16.2. The molecule has 0 aliphatic carbocycles. The fourth-order valence-electron chi connectivity index (χ4n) is 4.60. The van der Waals surface area contributed by atoms with Gasteiger partial charge >= 0.3 is 0 Å². The molecule has 2 aromatic rings. The largest absolute Gasteiger partial charge is 0.355 e. The molecule has 152 valence electrons. The molecule has 1 N–H and O–H groups in total. The van der Waals surface area contributed by atoms with Crippen molar-refractivity contribution in [1.82, 2.24) is 35.5 Å². The first-order valence-corrected chi connectivity index (χ1v) is 10.1. The molecule has 0 unspecified atom stereocenters. The molecule has 2 aromatic heterocycles. The molecule has 4 rings (SSSR count). The number of anilines is 1. The first-order chi connectivity index (χ1) is 13.2. The summed E-state index contributed by atoms with van der Waals surface area (Å²) in [5, 5.41) is 19.5. The average molecular weight is 387 g/mol. The van der Waals surface area contributed by atoms with Crippen molar-refractivity contribution < 1.29 is 4.79 Å². The van der Waals surface area contributed by atoms with E-state index in [4.69, 9.17) is 0 Å². The van der Waals surface area contributed by atoms with Gasteiger partial charge < -0.3 is 15.1 Å². The van der Waals surface area contributed by atoms with E-state index in [1.165, 1.54) is 4.63 Å². The van der Waals surface area contributed by atoms with Crippen molar-refractivity contribution in [3.63, 3.8) is 0 Å². The lowest BCUT2D eigenvalue weighted by Crippen LogP contribution is -2.54. The van der Waals surface area contributed by atoms with Crippen LogP contribution < -0.4 is 10.2 Å². The van der Waals surface area contributed by atoms with E-state index in [0.717, 1.165) is 51.3 Å². The minimum Gasteiger partial charge on any atom is -0.355 e. The van der Waals surface area contributed by atoms with E-state index in [1.54, 1.807) is 0 Å². The van der Waals surface area contributed by atoms with Gasteiger partial charge in [-0.2, -0.15) is 0 Å². The highest BCUT2D eigenvalue weighted by Gasteiger charge is 2.37. The second-order valence-electron chi connectivity index (χ2n) is 9.38. The summed E-state index contributed by atoms with van der Waals surface area (Å²) in [6, 6.07) is 3.81. The van der Waals surface area contributed by atoms with E-state index in [1.807, 2.05) is 12.1 Å². The zero-order chi connectivity index (χ0) is 19.9. The van der Waals surface area contributed by atoms with Crippen LogP contribution in [-0.2, 0) is 4.79 Å². The van der Waals surface area contributed by atoms with Crippen LogP contribution in [0.15, 0.2) is 12.1 Å². The van der Waals surface area contributed by atoms with E-state index in [-0.39, 0.29) is 17.0 Å². The van der Waals surface area contributed by atoms with Crippen molar-refractivity contribution in [1.29, 1.82) is 0 Å². The molecule has 9 nitrogen and oxygen atoms in total. The van der Waals surface area contributed by atoms with Crippen molar-refractivity contribution in [2.75, 3.05) is 31.1 Å². The molecular formula is C19H30N8O. The topological polar surface area (TPSA) is 91.6 Å². The lowest BCUT2D eigenvalue weighted by atomic mass is 9.94. The minimum atomic E-state index is -0.0818. The number of nitrogens with one attached hydrogen (secondary N) is 1. The van der Waals surface area contributed by atoms with Crippen LogP contribution in [-0.4, -0.2) is 73.3 Å². The Morgan fingerprint density at radius 2 is 1.86 bits per heavy atom. The highest BCUT2D eigenvalue weighted by Crippen LogP contribution is 2.27. The maximum atomic E-state index is 13.2. The zero-order valence-corrected chi connectivity index (χ0v) is 17.2. The number of hydrogen-bond acceptors (Lipinski definition) is 7. The molecule has 0 saturated carbocycles. The third-order valence-electron chi connectivity index (χ3n) is 5.80. The Morgan fingerprint density at radius 1 is 1.11 bits per heavy atom. The van der Waals surface area contributed by atoms with Crippen molar-refractivity contribution in [3.8, 4) is 0 Å². The maximum Gasteiger partial charge on any atom is 0.225 e. The summed E-state index contributed by atoms with van der Waals surface area (Å²) in [4.78, 5) is 17.5. The van der Waals surface area contributed by atoms with E-state index in [9.17, 15) is 4.79 Å². The highest BCUT2D eigenvalue weighted by molar-refractivity contribution is 5.79. The maximum absolute atomic E-state index is 13.2. The number of hydrogen-bond donors (Lipinski definition) is 1. The number of nitrogens with zero attached hydrogens (tertiary/aromatic N) is 7. The van der Waals surface area contributed by atoms with Gasteiger partial charge in [-0.15, -0.1) is 14.8 Å². The van der Waals surface area contributed by atoms with Gasteiger partial charge in [0.2, 0.25) is 5.91 Å². The number of piperidine rings is 1. The molecule has 0 radical (unpaired) electrons. The average Bonchev–Trinajstić information content (AvgIpc) is 3.07. The SMILES string of the molecule is CC1(C)CCN(C(=O)C2CCN(c3ccc4nnnn4n3)CC2)CC(C)(C)N1. The Kier molecular flexibility index (Phi) is 4.73. The smallest absolute Gasteiger partial charge is 0.225 e. The third-order valence-corrected chi connectivity index (χ3v) is 5.80. The number of rotatable bonds is 2. The number of amides is 1. The van der Waals surface area contributed by atoms with Crippen LogP contribution >= 0.6 is 0 Å². The summed E-state index contributed by atoms with van der Waals surface area (Å²) >= 11 is 0. The van der Waals surface area contributed by atoms with Gasteiger partial charge in [-0.3, -0.25) is 4.79 Å². The van der Waals surface area contributed by atoms with Crippen LogP contribution in [0.25, 0.3) is 5.65 Å². The van der Waals surface area contributed by atoms with E-state index >= 15 is 0 Å². The third kappa shape index (κ3) is 3.94. The molecule has 0 spiro atoms. The van der Waals surface area contributed by atoms with Crippen LogP contribution in [0.5, 0.6) is 0 Å². The monoisotopic (exact) mass is 386 g/mol. The van der Waals surface area contributed by atoms with Gasteiger partial charge in [0.1, 0.15) is 0 Å². The fourth-order valence-corrected chi connectivity index (χ4v) is 4.60. The number of carbonyl (C=O) groups excluding carboxylic acids is 1. The lowest BCUT2D eigenvalue weighted by molar-refractivity contribution is -0.136. The fraction of sp³-hybridized carbons (Fsp3) is 0.737. The lowest BCUT2D eigenvalue weighted by Gasteiger charge is -2.37. The Balaban J connectivity index is 1.39. The molecule has 0 atom stereocenters. The Hall–Kier alpha value is -2.29. The van der Waals surface area contributed by atoms with Crippen LogP contribution in [0.2, 0.25) is 0 Å². The molecule has 1 amide bonds. The van der Waals surface area contributed by atoms with Gasteiger partial charge in [-0.25, -0.2) is 0 Å². The molecule has 2 fully saturated rings. The Morgan fingerprint density at radius 3 is 2.61 bits per heavy atom. The van der Waals surface area contributed by atoms with Crippen molar-refractivity contribution >= 4 is 17.4 Å². The van der Waals surface area contributed by atoms with Gasteiger partial charge in [-0.05, 0) is 69.5 Å². The van der Waals surface area contributed by atoms with Crippen LogP contribution in [0.1, 0.15) is 47.0 Å². The standard InChI is InChI=1S/C19H30N8O/c1-18(2)9-12-26(13-19(3,4)22-18)17(28)14-7-10-25(11-8-14)16-6-5-15-20-23-24-27(15)21-16/h5-6,14,22H,7-13H2,1-4H3. The second kappa shape index (κ2) is 6.95. The molecular weight excluding hydrogens is 356 g/mol. The van der Waals surface area contributed by atoms with Crippen LogP contribution in [0, 0.1) is 5.92 Å². The first-order valence-electron chi connectivity index (χ1n) is 10.1. The number of carbonyl (C=O) groups is 1. The van der Waals surface area contributed by atoms with Crippen molar-refractivity contribution in [2.45, 2.75) is 58.0 Å².